The molecule has 1 aromatic heterocycles. The van der Waals surface area contributed by atoms with Crippen LogP contribution in [0.15, 0.2) is 30.3 Å². The summed E-state index contributed by atoms with van der Waals surface area (Å²) in [4.78, 5) is 13.5. The van der Waals surface area contributed by atoms with Crippen molar-refractivity contribution in [1.82, 2.24) is 9.47 Å². The minimum Gasteiger partial charge on any atom is -0.343 e. The standard InChI is InChI=1S/C15H18N2O/c1-11-9-12-5-3-4-6-14(12)17(11)10-13-7-8-15(18)16(13)2/h3-6,9,13H,7-8,10H2,1-2H3. The van der Waals surface area contributed by atoms with E-state index in [2.05, 4.69) is 41.8 Å². The minimum absolute atomic E-state index is 0.272. The Morgan fingerprint density at radius 1 is 1.33 bits per heavy atom. The van der Waals surface area contributed by atoms with Crippen molar-refractivity contribution in [2.75, 3.05) is 7.05 Å². The van der Waals surface area contributed by atoms with E-state index in [1.165, 1.54) is 16.6 Å². The summed E-state index contributed by atoms with van der Waals surface area (Å²) in [5.41, 5.74) is 2.53. The summed E-state index contributed by atoms with van der Waals surface area (Å²) in [6, 6.07) is 11.0. The first kappa shape index (κ1) is 11.3. The molecule has 0 N–H and O–H groups in total. The molecule has 1 fully saturated rings. The molecule has 1 amide bonds. The number of fused-ring (bicyclic) bond motifs is 1. The lowest BCUT2D eigenvalue weighted by Crippen LogP contribution is -2.32. The number of benzene rings is 1. The lowest BCUT2D eigenvalue weighted by Gasteiger charge is -2.21. The summed E-state index contributed by atoms with van der Waals surface area (Å²) in [6.07, 6.45) is 1.67. The van der Waals surface area contributed by atoms with Crippen molar-refractivity contribution in [3.8, 4) is 0 Å². The van der Waals surface area contributed by atoms with Crippen molar-refractivity contribution in [2.45, 2.75) is 32.4 Å². The zero-order valence-electron chi connectivity index (χ0n) is 10.9. The second kappa shape index (κ2) is 4.16. The number of hydrogen-bond acceptors (Lipinski definition) is 1. The van der Waals surface area contributed by atoms with Gasteiger partial charge >= 0.3 is 0 Å². The molecule has 1 unspecified atom stereocenters. The van der Waals surface area contributed by atoms with Gasteiger partial charge < -0.3 is 9.47 Å². The van der Waals surface area contributed by atoms with Gasteiger partial charge in [-0.05, 0) is 30.9 Å². The summed E-state index contributed by atoms with van der Waals surface area (Å²) in [5.74, 6) is 0.272. The highest BCUT2D eigenvalue weighted by Gasteiger charge is 2.28. The highest BCUT2D eigenvalue weighted by atomic mass is 16.2. The summed E-state index contributed by atoms with van der Waals surface area (Å²) in [6.45, 7) is 3.04. The molecule has 0 aliphatic carbocycles. The maximum atomic E-state index is 11.6. The summed E-state index contributed by atoms with van der Waals surface area (Å²) in [7, 11) is 1.92. The van der Waals surface area contributed by atoms with E-state index in [-0.39, 0.29) is 5.91 Å². The van der Waals surface area contributed by atoms with Crippen LogP contribution in [0, 0.1) is 6.92 Å². The molecular formula is C15H18N2O. The van der Waals surface area contributed by atoms with Crippen molar-refractivity contribution in [1.29, 1.82) is 0 Å². The van der Waals surface area contributed by atoms with Gasteiger partial charge in [0.05, 0.1) is 0 Å². The smallest absolute Gasteiger partial charge is 0.222 e. The Balaban J connectivity index is 1.95. The van der Waals surface area contributed by atoms with Crippen molar-refractivity contribution < 1.29 is 4.79 Å². The molecule has 3 nitrogen and oxygen atoms in total. The molecule has 1 saturated heterocycles. The van der Waals surface area contributed by atoms with Gasteiger partial charge in [0.1, 0.15) is 0 Å². The topological polar surface area (TPSA) is 25.2 Å². The largest absolute Gasteiger partial charge is 0.343 e. The molecule has 1 aliphatic rings. The van der Waals surface area contributed by atoms with Crippen molar-refractivity contribution in [2.24, 2.45) is 0 Å². The number of aromatic nitrogens is 1. The van der Waals surface area contributed by atoms with E-state index < -0.39 is 0 Å². The Kier molecular flexibility index (Phi) is 2.62. The monoisotopic (exact) mass is 242 g/mol. The highest BCUT2D eigenvalue weighted by Crippen LogP contribution is 2.24. The van der Waals surface area contributed by atoms with Crippen LogP contribution < -0.4 is 0 Å². The van der Waals surface area contributed by atoms with Crippen molar-refractivity contribution >= 4 is 16.8 Å². The quantitative estimate of drug-likeness (QED) is 0.794. The number of aryl methyl sites for hydroxylation is 1. The lowest BCUT2D eigenvalue weighted by molar-refractivity contribution is -0.127. The van der Waals surface area contributed by atoms with E-state index >= 15 is 0 Å². The number of likely N-dealkylation sites (N-methyl/N-ethyl adjacent to an activating group) is 1. The first-order valence-corrected chi connectivity index (χ1v) is 6.47. The Labute approximate surface area is 107 Å². The molecule has 0 bridgehead atoms. The number of rotatable bonds is 2. The summed E-state index contributed by atoms with van der Waals surface area (Å²) < 4.78 is 2.33. The van der Waals surface area contributed by atoms with Gasteiger partial charge in [-0.15, -0.1) is 0 Å². The molecule has 2 aromatic rings. The van der Waals surface area contributed by atoms with Gasteiger partial charge in [0.15, 0.2) is 0 Å². The number of amides is 1. The van der Waals surface area contributed by atoms with Gasteiger partial charge in [-0.25, -0.2) is 0 Å². The Morgan fingerprint density at radius 2 is 2.11 bits per heavy atom. The molecule has 3 heteroatoms. The zero-order chi connectivity index (χ0) is 12.7. The molecule has 2 heterocycles. The van der Waals surface area contributed by atoms with E-state index in [4.69, 9.17) is 0 Å². The number of carbonyl (C=O) groups is 1. The third-order valence-electron chi connectivity index (χ3n) is 4.04. The molecule has 1 atom stereocenters. The van der Waals surface area contributed by atoms with Gasteiger partial charge in [0, 0.05) is 37.3 Å². The van der Waals surface area contributed by atoms with Crippen LogP contribution >= 0.6 is 0 Å². The lowest BCUT2D eigenvalue weighted by atomic mass is 10.2. The zero-order valence-corrected chi connectivity index (χ0v) is 10.9. The second-order valence-corrected chi connectivity index (χ2v) is 5.15. The van der Waals surface area contributed by atoms with Crippen LogP contribution in [0.2, 0.25) is 0 Å². The van der Waals surface area contributed by atoms with Gasteiger partial charge in [-0.3, -0.25) is 4.79 Å². The maximum Gasteiger partial charge on any atom is 0.222 e. The van der Waals surface area contributed by atoms with Crippen LogP contribution in [0.4, 0.5) is 0 Å². The molecule has 1 aliphatic heterocycles. The van der Waals surface area contributed by atoms with Gasteiger partial charge in [0.2, 0.25) is 5.91 Å². The SMILES string of the molecule is Cc1cc2ccccc2n1CC1CCC(=O)N1C. The Bertz CT molecular complexity index is 600. The molecular weight excluding hydrogens is 224 g/mol. The van der Waals surface area contributed by atoms with Crippen molar-refractivity contribution in [3.63, 3.8) is 0 Å². The molecule has 0 spiro atoms. The van der Waals surface area contributed by atoms with Gasteiger partial charge in [-0.2, -0.15) is 0 Å². The molecule has 94 valence electrons. The minimum atomic E-state index is 0.272. The fourth-order valence-corrected chi connectivity index (χ4v) is 2.88. The van der Waals surface area contributed by atoms with E-state index in [0.29, 0.717) is 12.5 Å². The van der Waals surface area contributed by atoms with Crippen LogP contribution in [0.25, 0.3) is 10.9 Å². The predicted molar refractivity (Wildman–Crippen MR) is 72.5 cm³/mol. The molecule has 3 rings (SSSR count). The first-order chi connectivity index (χ1) is 8.66. The van der Waals surface area contributed by atoms with Crippen LogP contribution in [0.1, 0.15) is 18.5 Å². The summed E-state index contributed by atoms with van der Waals surface area (Å²) in [5, 5.41) is 1.28. The molecule has 0 saturated carbocycles. The number of hydrogen-bond donors (Lipinski definition) is 0. The van der Waals surface area contributed by atoms with E-state index in [9.17, 15) is 4.79 Å². The Morgan fingerprint density at radius 3 is 2.83 bits per heavy atom. The van der Waals surface area contributed by atoms with Crippen LogP contribution in [-0.4, -0.2) is 28.5 Å². The first-order valence-electron chi connectivity index (χ1n) is 6.47. The van der Waals surface area contributed by atoms with E-state index in [1.807, 2.05) is 11.9 Å². The fourth-order valence-electron chi connectivity index (χ4n) is 2.88. The summed E-state index contributed by atoms with van der Waals surface area (Å²) >= 11 is 0. The molecule has 0 radical (unpaired) electrons. The average molecular weight is 242 g/mol. The number of para-hydroxylation sites is 1. The molecule has 1 aromatic carbocycles. The fraction of sp³-hybridized carbons (Fsp3) is 0.400. The van der Waals surface area contributed by atoms with E-state index in [1.54, 1.807) is 0 Å². The molecule has 18 heavy (non-hydrogen) atoms. The average Bonchev–Trinajstić information content (AvgIpc) is 2.85. The third kappa shape index (κ3) is 1.70. The number of nitrogens with zero attached hydrogens (tertiary/aromatic N) is 2. The van der Waals surface area contributed by atoms with Crippen LogP contribution in [-0.2, 0) is 11.3 Å². The van der Waals surface area contributed by atoms with Crippen LogP contribution in [0.5, 0.6) is 0 Å². The highest BCUT2D eigenvalue weighted by molar-refractivity contribution is 5.81. The second-order valence-electron chi connectivity index (χ2n) is 5.15. The maximum absolute atomic E-state index is 11.6. The third-order valence-corrected chi connectivity index (χ3v) is 4.04. The number of carbonyl (C=O) groups excluding carboxylic acids is 1. The van der Waals surface area contributed by atoms with Crippen molar-refractivity contribution in [3.05, 3.63) is 36.0 Å². The normalized spacial score (nSPS) is 20.0. The van der Waals surface area contributed by atoms with Gasteiger partial charge in [-0.1, -0.05) is 18.2 Å². The van der Waals surface area contributed by atoms with Gasteiger partial charge in [0.25, 0.3) is 0 Å². The van der Waals surface area contributed by atoms with Crippen LogP contribution in [0.3, 0.4) is 0 Å². The van der Waals surface area contributed by atoms with E-state index in [0.717, 1.165) is 13.0 Å². The predicted octanol–water partition coefficient (Wildman–Crippen LogP) is 2.57. The number of likely N-dealkylation sites (tertiary alicyclic amines) is 1. The Hall–Kier alpha value is -1.77.